The molecule has 15 heavy (non-hydrogen) atoms. The fraction of sp³-hybridized carbons (Fsp3) is 0.250. The number of fused-ring (bicyclic) bond motifs is 2. The van der Waals surface area contributed by atoms with E-state index in [4.69, 9.17) is 9.47 Å². The molecule has 2 aliphatic rings. The van der Waals surface area contributed by atoms with Crippen LogP contribution >= 0.6 is 0 Å². The second kappa shape index (κ2) is 3.29. The zero-order chi connectivity index (χ0) is 10.3. The summed E-state index contributed by atoms with van der Waals surface area (Å²) in [6.45, 7) is 0.469. The van der Waals surface area contributed by atoms with Crippen LogP contribution in [0, 0.1) is 0 Å². The molecule has 2 atom stereocenters. The van der Waals surface area contributed by atoms with Crippen LogP contribution in [0.3, 0.4) is 0 Å². The Morgan fingerprint density at radius 3 is 2.80 bits per heavy atom. The first-order valence-electron chi connectivity index (χ1n) is 4.92. The fourth-order valence-corrected chi connectivity index (χ4v) is 1.93. The first kappa shape index (κ1) is 8.83. The van der Waals surface area contributed by atoms with Gasteiger partial charge in [0.1, 0.15) is 6.10 Å². The summed E-state index contributed by atoms with van der Waals surface area (Å²) in [7, 11) is 0. The molecule has 3 nitrogen and oxygen atoms in total. The lowest BCUT2D eigenvalue weighted by Gasteiger charge is -2.18. The van der Waals surface area contributed by atoms with Gasteiger partial charge in [0.05, 0.1) is 6.61 Å². The van der Waals surface area contributed by atoms with Crippen LogP contribution in [0.5, 0.6) is 0 Å². The van der Waals surface area contributed by atoms with E-state index >= 15 is 0 Å². The van der Waals surface area contributed by atoms with Gasteiger partial charge < -0.3 is 9.47 Å². The monoisotopic (exact) mass is 202 g/mol. The zero-order valence-electron chi connectivity index (χ0n) is 8.05. The van der Waals surface area contributed by atoms with E-state index in [2.05, 4.69) is 0 Å². The third-order valence-corrected chi connectivity index (χ3v) is 2.67. The fourth-order valence-electron chi connectivity index (χ4n) is 1.93. The number of carbonyl (C=O) groups excluding carboxylic acids is 1. The van der Waals surface area contributed by atoms with Gasteiger partial charge in [-0.25, -0.2) is 0 Å². The Labute approximate surface area is 87.3 Å². The highest BCUT2D eigenvalue weighted by molar-refractivity contribution is 6.01. The predicted molar refractivity (Wildman–Crippen MR) is 54.0 cm³/mol. The van der Waals surface area contributed by atoms with Crippen LogP contribution in [-0.4, -0.2) is 24.8 Å². The number of ketones is 1. The second-order valence-corrected chi connectivity index (χ2v) is 3.66. The van der Waals surface area contributed by atoms with Crippen molar-refractivity contribution in [2.75, 3.05) is 6.61 Å². The lowest BCUT2D eigenvalue weighted by Crippen LogP contribution is -2.26. The Bertz CT molecular complexity index is 422. The van der Waals surface area contributed by atoms with Gasteiger partial charge in [0, 0.05) is 0 Å². The summed E-state index contributed by atoms with van der Waals surface area (Å²) in [4.78, 5) is 11.5. The topological polar surface area (TPSA) is 35.5 Å². The molecule has 0 saturated carbocycles. The van der Waals surface area contributed by atoms with Crippen molar-refractivity contribution in [2.24, 2.45) is 0 Å². The van der Waals surface area contributed by atoms with Crippen molar-refractivity contribution in [2.45, 2.75) is 12.4 Å². The van der Waals surface area contributed by atoms with Crippen molar-refractivity contribution < 1.29 is 14.3 Å². The molecule has 2 bridgehead atoms. The van der Waals surface area contributed by atoms with Crippen molar-refractivity contribution in [3.8, 4) is 0 Å². The smallest absolute Gasteiger partial charge is 0.222 e. The van der Waals surface area contributed by atoms with Crippen molar-refractivity contribution in [1.82, 2.24) is 0 Å². The summed E-state index contributed by atoms with van der Waals surface area (Å²) >= 11 is 0. The maximum absolute atomic E-state index is 11.5. The molecule has 0 aliphatic carbocycles. The van der Waals surface area contributed by atoms with E-state index in [0.717, 1.165) is 11.1 Å². The van der Waals surface area contributed by atoms with E-state index in [0.29, 0.717) is 6.61 Å². The average Bonchev–Trinajstić information content (AvgIpc) is 2.70. The number of rotatable bonds is 1. The molecule has 0 N–H and O–H groups in total. The zero-order valence-corrected chi connectivity index (χ0v) is 8.05. The average molecular weight is 202 g/mol. The quantitative estimate of drug-likeness (QED) is 0.690. The summed E-state index contributed by atoms with van der Waals surface area (Å²) in [6, 6.07) is 9.79. The second-order valence-electron chi connectivity index (χ2n) is 3.66. The van der Waals surface area contributed by atoms with Crippen LogP contribution in [0.2, 0.25) is 0 Å². The highest BCUT2D eigenvalue weighted by Gasteiger charge is 2.37. The molecule has 1 fully saturated rings. The van der Waals surface area contributed by atoms with Gasteiger partial charge in [-0.15, -0.1) is 0 Å². The molecule has 0 radical (unpaired) electrons. The van der Waals surface area contributed by atoms with E-state index in [1.165, 1.54) is 0 Å². The maximum Gasteiger partial charge on any atom is 0.222 e. The van der Waals surface area contributed by atoms with Gasteiger partial charge in [-0.2, -0.15) is 0 Å². The number of benzene rings is 1. The standard InChI is InChI=1S/C12H10O3/c13-10-6-9(8-4-2-1-3-5-8)11-7-14-12(10)15-11/h1-6,11-12H,7H2/t11-,12-/m1/s1. The Morgan fingerprint density at radius 2 is 2.00 bits per heavy atom. The van der Waals surface area contributed by atoms with Crippen LogP contribution in [0.25, 0.3) is 5.57 Å². The van der Waals surface area contributed by atoms with Crippen LogP contribution < -0.4 is 0 Å². The SMILES string of the molecule is O=C1C=C(c2ccccc2)[C@H]2CO[C@@H]1O2. The van der Waals surface area contributed by atoms with Gasteiger partial charge in [-0.05, 0) is 17.2 Å². The molecule has 76 valence electrons. The van der Waals surface area contributed by atoms with Crippen molar-refractivity contribution >= 4 is 11.4 Å². The maximum atomic E-state index is 11.5. The molecule has 1 aromatic carbocycles. The number of hydrogen-bond acceptors (Lipinski definition) is 3. The molecule has 0 amide bonds. The minimum atomic E-state index is -0.664. The molecule has 1 aromatic rings. The van der Waals surface area contributed by atoms with Crippen molar-refractivity contribution in [1.29, 1.82) is 0 Å². The Kier molecular flexibility index (Phi) is 1.94. The summed E-state index contributed by atoms with van der Waals surface area (Å²) in [5.41, 5.74) is 1.95. The summed E-state index contributed by atoms with van der Waals surface area (Å²) in [5, 5.41) is 0. The van der Waals surface area contributed by atoms with E-state index < -0.39 is 6.29 Å². The third kappa shape index (κ3) is 1.40. The minimum Gasteiger partial charge on any atom is -0.343 e. The normalized spacial score (nSPS) is 29.1. The van der Waals surface area contributed by atoms with Gasteiger partial charge in [-0.1, -0.05) is 30.3 Å². The summed E-state index contributed by atoms with van der Waals surface area (Å²) < 4.78 is 10.7. The third-order valence-electron chi connectivity index (χ3n) is 2.67. The van der Waals surface area contributed by atoms with E-state index in [1.807, 2.05) is 30.3 Å². The van der Waals surface area contributed by atoms with Gasteiger partial charge in [0.15, 0.2) is 0 Å². The molecule has 0 aromatic heterocycles. The molecule has 2 heterocycles. The predicted octanol–water partition coefficient (Wildman–Crippen LogP) is 1.39. The number of carbonyl (C=O) groups is 1. The Hall–Kier alpha value is -1.45. The van der Waals surface area contributed by atoms with Crippen molar-refractivity contribution in [3.05, 3.63) is 42.0 Å². The summed E-state index contributed by atoms with van der Waals surface area (Å²) in [5.74, 6) is -0.0948. The number of ether oxygens (including phenoxy) is 2. The van der Waals surface area contributed by atoms with Crippen molar-refractivity contribution in [3.63, 3.8) is 0 Å². The summed E-state index contributed by atoms with van der Waals surface area (Å²) in [6.07, 6.45) is 0.888. The molecular formula is C12H10O3. The molecule has 3 rings (SSSR count). The van der Waals surface area contributed by atoms with Gasteiger partial charge in [-0.3, -0.25) is 4.79 Å². The molecule has 3 heteroatoms. The van der Waals surface area contributed by atoms with Gasteiger partial charge in [0.2, 0.25) is 12.1 Å². The first-order chi connectivity index (χ1) is 7.34. The lowest BCUT2D eigenvalue weighted by atomic mass is 9.98. The first-order valence-corrected chi connectivity index (χ1v) is 4.92. The highest BCUT2D eigenvalue weighted by Crippen LogP contribution is 2.31. The molecule has 1 saturated heterocycles. The number of hydrogen-bond donors (Lipinski definition) is 0. The van der Waals surface area contributed by atoms with Crippen LogP contribution in [0.1, 0.15) is 5.56 Å². The highest BCUT2D eigenvalue weighted by atomic mass is 16.7. The van der Waals surface area contributed by atoms with Crippen LogP contribution in [0.4, 0.5) is 0 Å². The molecule has 0 unspecified atom stereocenters. The largest absolute Gasteiger partial charge is 0.343 e. The van der Waals surface area contributed by atoms with Gasteiger partial charge >= 0.3 is 0 Å². The van der Waals surface area contributed by atoms with E-state index in [1.54, 1.807) is 6.08 Å². The molecule has 2 aliphatic heterocycles. The van der Waals surface area contributed by atoms with Crippen LogP contribution in [-0.2, 0) is 14.3 Å². The van der Waals surface area contributed by atoms with Crippen LogP contribution in [0.15, 0.2) is 36.4 Å². The Balaban J connectivity index is 2.03. The lowest BCUT2D eigenvalue weighted by molar-refractivity contribution is -0.141. The molecular weight excluding hydrogens is 192 g/mol. The minimum absolute atomic E-state index is 0.0879. The molecule has 0 spiro atoms. The van der Waals surface area contributed by atoms with Gasteiger partial charge in [0.25, 0.3) is 0 Å². The Morgan fingerprint density at radius 1 is 1.20 bits per heavy atom. The van der Waals surface area contributed by atoms with E-state index in [9.17, 15) is 4.79 Å². The van der Waals surface area contributed by atoms with E-state index in [-0.39, 0.29) is 11.9 Å².